The highest BCUT2D eigenvalue weighted by atomic mass is 32.2. The molecule has 0 bridgehead atoms. The fourth-order valence-corrected chi connectivity index (χ4v) is 9.44. The van der Waals surface area contributed by atoms with Crippen molar-refractivity contribution in [2.75, 3.05) is 37.6 Å². The van der Waals surface area contributed by atoms with Crippen molar-refractivity contribution < 1.29 is 72.5 Å². The Morgan fingerprint density at radius 1 is 0.570 bits per heavy atom. The van der Waals surface area contributed by atoms with Gasteiger partial charge in [-0.1, -0.05) is 74.5 Å². The summed E-state index contributed by atoms with van der Waals surface area (Å²) in [7, 11) is 1.27. The molecule has 0 aliphatic rings. The average molecular weight is 1240 g/mol. The van der Waals surface area contributed by atoms with E-state index in [2.05, 4.69) is 52.5 Å². The molecule has 0 saturated carbocycles. The zero-order valence-electron chi connectivity index (χ0n) is 48.3. The molecule has 11 amide bonds. The fourth-order valence-electron chi connectivity index (χ4n) is 8.49. The van der Waals surface area contributed by atoms with Gasteiger partial charge in [0.05, 0.1) is 38.2 Å². The lowest BCUT2D eigenvalue weighted by Gasteiger charge is -2.32. The van der Waals surface area contributed by atoms with Gasteiger partial charge in [-0.05, 0) is 60.3 Å². The van der Waals surface area contributed by atoms with E-state index in [0.29, 0.717) is 22.6 Å². The lowest BCUT2D eigenvalue weighted by atomic mass is 10.0. The van der Waals surface area contributed by atoms with E-state index in [1.807, 2.05) is 20.1 Å². The Bertz CT molecular complexity index is 2800. The van der Waals surface area contributed by atoms with Crippen LogP contribution in [0.3, 0.4) is 0 Å². The lowest BCUT2D eigenvalue weighted by Crippen LogP contribution is -2.61. The molecule has 3 rings (SSSR count). The first-order valence-electron chi connectivity index (χ1n) is 27.2. The number of nitrogens with two attached hydrogens (primary N) is 3. The van der Waals surface area contributed by atoms with Gasteiger partial charge in [0, 0.05) is 38.2 Å². The van der Waals surface area contributed by atoms with Crippen molar-refractivity contribution in [3.05, 3.63) is 90.0 Å². The molecule has 0 radical (unpaired) electrons. The number of aliphatic carboxylic acids is 2. The highest BCUT2D eigenvalue weighted by Crippen LogP contribution is 2.15. The molecule has 9 atom stereocenters. The van der Waals surface area contributed by atoms with Crippen LogP contribution in [-0.2, 0) is 81.6 Å². The second kappa shape index (κ2) is 37.0. The summed E-state index contributed by atoms with van der Waals surface area (Å²) in [5, 5.41) is 38.7. The molecule has 17 N–H and O–H groups in total. The van der Waals surface area contributed by atoms with Crippen molar-refractivity contribution in [1.82, 2.24) is 57.4 Å². The van der Waals surface area contributed by atoms with Crippen molar-refractivity contribution in [2.24, 2.45) is 23.1 Å². The van der Waals surface area contributed by atoms with Gasteiger partial charge in [-0.3, -0.25) is 62.3 Å². The molecular weight excluding hydrogens is 1160 g/mol. The molecule has 29 nitrogen and oxygen atoms in total. The van der Waals surface area contributed by atoms with Crippen LogP contribution in [0.5, 0.6) is 0 Å². The van der Waals surface area contributed by atoms with Crippen LogP contribution in [0.2, 0.25) is 0 Å². The average Bonchev–Trinajstić information content (AvgIpc) is 3.07. The molecule has 2 aromatic carbocycles. The molecule has 470 valence electrons. The van der Waals surface area contributed by atoms with Crippen LogP contribution in [0.25, 0.3) is 0 Å². The quantitative estimate of drug-likeness (QED) is 0.0270. The summed E-state index contributed by atoms with van der Waals surface area (Å²) in [6, 6.07) is 3.13. The van der Waals surface area contributed by atoms with E-state index in [1.54, 1.807) is 66.9 Å². The van der Waals surface area contributed by atoms with Crippen molar-refractivity contribution in [1.29, 1.82) is 0 Å². The van der Waals surface area contributed by atoms with Crippen molar-refractivity contribution in [3.63, 3.8) is 0 Å². The maximum absolute atomic E-state index is 14.9. The smallest absolute Gasteiger partial charge is 0.305 e. The Kier molecular flexibility index (Phi) is 30.8. The number of aromatic amines is 1. The summed E-state index contributed by atoms with van der Waals surface area (Å²) in [4.78, 5) is 181. The van der Waals surface area contributed by atoms with E-state index < -0.39 is 157 Å². The molecule has 0 saturated heterocycles. The zero-order valence-corrected chi connectivity index (χ0v) is 50.0. The highest BCUT2D eigenvalue weighted by Gasteiger charge is 2.38. The molecule has 0 aliphatic heterocycles. The van der Waals surface area contributed by atoms with Crippen molar-refractivity contribution in [3.8, 4) is 0 Å². The largest absolute Gasteiger partial charge is 0.481 e. The summed E-state index contributed by atoms with van der Waals surface area (Å²) < 4.78 is 0. The number of hydrogen-bond donors (Lipinski definition) is 14. The minimum Gasteiger partial charge on any atom is -0.481 e. The molecule has 1 heterocycles. The number of rotatable bonds is 39. The van der Waals surface area contributed by atoms with Gasteiger partial charge >= 0.3 is 11.9 Å². The number of carboxylic acid groups (broad SMARTS) is 2. The standard InChI is InChI=1S/C55H78N14O15S2/c1-30(2)20-37(50(79)63-35(47(58)76)16-18-85-4)62-44(71)28-60-54(83)42(22-32-14-10-7-11-15-32)69(3)55(84)41(21-31-12-8-6-9-13-31)68-52(81)39(25-43(57)70)66-53(82)40(26-46(74)75)67-51(80)38(23-33-27-59-29-61-33)65-49(78)36(17-19-86-5)64-48(77)34(56)24-45(72)73/h6-15,27,29-30,34-42H,16-26,28,56H2,1-5H3,(H2,57,70)(H2,58,76)(H,59,61)(H,60,83)(H,62,71)(H,63,79)(H,64,77)(H,65,78)(H,66,82)(H,67,80)(H,68,81)(H,72,73)(H,74,75)/t34-,35-,36-,37-,38-,39-,40-,41-,42-/m0/s1. The van der Waals surface area contributed by atoms with Gasteiger partial charge in [0.15, 0.2) is 0 Å². The number of carboxylic acids is 2. The summed E-state index contributed by atoms with van der Waals surface area (Å²) in [5.41, 5.74) is 18.1. The summed E-state index contributed by atoms with van der Waals surface area (Å²) >= 11 is 2.74. The molecular formula is C55H78N14O15S2. The summed E-state index contributed by atoms with van der Waals surface area (Å²) in [6.07, 6.45) is 2.93. The number of carbonyl (C=O) groups is 13. The van der Waals surface area contributed by atoms with E-state index >= 15 is 0 Å². The number of H-pyrrole nitrogens is 1. The molecule has 1 aromatic heterocycles. The van der Waals surface area contributed by atoms with Gasteiger partial charge in [-0.15, -0.1) is 0 Å². The number of imidazole rings is 1. The predicted octanol–water partition coefficient (Wildman–Crippen LogP) is -3.04. The third-order valence-electron chi connectivity index (χ3n) is 13.0. The minimum absolute atomic E-state index is 0.0207. The molecule has 86 heavy (non-hydrogen) atoms. The lowest BCUT2D eigenvalue weighted by molar-refractivity contribution is -0.143. The number of carbonyl (C=O) groups excluding carboxylic acids is 11. The Balaban J connectivity index is 1.95. The number of nitrogens with one attached hydrogen (secondary N) is 9. The van der Waals surface area contributed by atoms with Crippen LogP contribution in [0.4, 0.5) is 0 Å². The number of primary amides is 2. The van der Waals surface area contributed by atoms with Gasteiger partial charge in [0.25, 0.3) is 0 Å². The van der Waals surface area contributed by atoms with Gasteiger partial charge in [-0.2, -0.15) is 23.5 Å². The van der Waals surface area contributed by atoms with Gasteiger partial charge < -0.3 is 79.8 Å². The van der Waals surface area contributed by atoms with E-state index in [9.17, 15) is 67.4 Å². The second-order valence-corrected chi connectivity index (χ2v) is 22.4. The van der Waals surface area contributed by atoms with Crippen molar-refractivity contribution >= 4 is 100 Å². The number of thioether (sulfide) groups is 2. The SMILES string of the molecule is CSCC[C@H](NC(=O)[C@H](CC(C)C)NC(=O)CNC(=O)[C@H](Cc1ccccc1)N(C)C(=O)[C@H](Cc1ccccc1)NC(=O)[C@H](CC(N)=O)NC(=O)[C@H](CC(=O)O)NC(=O)[C@H](Cc1cnc[nH]1)NC(=O)[C@H](CCSC)NC(=O)[C@@H](N)CC(=O)O)C(N)=O. The van der Waals surface area contributed by atoms with Crippen LogP contribution in [-0.4, -0.2) is 194 Å². The second-order valence-electron chi connectivity index (χ2n) is 20.4. The Hall–Kier alpha value is -8.58. The monoisotopic (exact) mass is 1240 g/mol. The first kappa shape index (κ1) is 71.7. The number of nitrogens with zero attached hydrogens (tertiary/aromatic N) is 2. The molecule has 3 aromatic rings. The van der Waals surface area contributed by atoms with Crippen LogP contribution in [0.15, 0.2) is 73.2 Å². The Morgan fingerprint density at radius 2 is 1.05 bits per heavy atom. The third-order valence-corrected chi connectivity index (χ3v) is 14.3. The first-order valence-corrected chi connectivity index (χ1v) is 30.0. The van der Waals surface area contributed by atoms with E-state index in [4.69, 9.17) is 22.3 Å². The molecule has 0 fully saturated rings. The van der Waals surface area contributed by atoms with Crippen LogP contribution < -0.4 is 59.7 Å². The number of hydrogen-bond acceptors (Lipinski definition) is 17. The topological polar surface area (TPSA) is 469 Å². The maximum Gasteiger partial charge on any atom is 0.305 e. The van der Waals surface area contributed by atoms with Crippen LogP contribution in [0.1, 0.15) is 69.2 Å². The van der Waals surface area contributed by atoms with Gasteiger partial charge in [-0.25, -0.2) is 4.98 Å². The number of aromatic nitrogens is 2. The summed E-state index contributed by atoms with van der Waals surface area (Å²) in [6.45, 7) is 2.95. The molecule has 0 spiro atoms. The van der Waals surface area contributed by atoms with Crippen molar-refractivity contribution in [2.45, 2.75) is 126 Å². The van der Waals surface area contributed by atoms with E-state index in [0.717, 1.165) is 4.90 Å². The zero-order chi connectivity index (χ0) is 64.0. The van der Waals surface area contributed by atoms with Gasteiger partial charge in [0.2, 0.25) is 65.0 Å². The third kappa shape index (κ3) is 25.7. The number of likely N-dealkylation sites (N-methyl/N-ethyl adjacent to an activating group) is 1. The molecule has 0 aliphatic carbocycles. The maximum atomic E-state index is 14.9. The first-order chi connectivity index (χ1) is 40.7. The Morgan fingerprint density at radius 3 is 1.56 bits per heavy atom. The Labute approximate surface area is 505 Å². The van der Waals surface area contributed by atoms with Crippen LogP contribution >= 0.6 is 23.5 Å². The predicted molar refractivity (Wildman–Crippen MR) is 317 cm³/mol. The van der Waals surface area contributed by atoms with E-state index in [1.165, 1.54) is 43.1 Å². The number of benzene rings is 2. The summed E-state index contributed by atoms with van der Waals surface area (Å²) in [5.74, 6) is -13.0. The molecule has 31 heteroatoms. The normalized spacial score (nSPS) is 14.1. The number of amides is 11. The van der Waals surface area contributed by atoms with Crippen LogP contribution in [0, 0.1) is 5.92 Å². The fraction of sp³-hybridized carbons (Fsp3) is 0.491. The highest BCUT2D eigenvalue weighted by molar-refractivity contribution is 7.98. The van der Waals surface area contributed by atoms with E-state index in [-0.39, 0.29) is 50.1 Å². The molecule has 0 unspecified atom stereocenters. The van der Waals surface area contributed by atoms with Gasteiger partial charge in [0.1, 0.15) is 48.3 Å². The minimum atomic E-state index is -2.03.